The lowest BCUT2D eigenvalue weighted by Gasteiger charge is -2.12. The number of halogens is 3. The van der Waals surface area contributed by atoms with E-state index in [0.717, 1.165) is 5.56 Å². The van der Waals surface area contributed by atoms with Crippen LogP contribution in [0.5, 0.6) is 5.75 Å². The lowest BCUT2D eigenvalue weighted by Crippen LogP contribution is -2.19. The minimum absolute atomic E-state index is 0.0712. The van der Waals surface area contributed by atoms with Gasteiger partial charge in [0.25, 0.3) is 0 Å². The van der Waals surface area contributed by atoms with Gasteiger partial charge in [0.2, 0.25) is 0 Å². The summed E-state index contributed by atoms with van der Waals surface area (Å²) in [6.45, 7) is -1.44. The zero-order chi connectivity index (χ0) is 14.6. The van der Waals surface area contributed by atoms with Crippen LogP contribution in [0.3, 0.4) is 0 Å². The summed E-state index contributed by atoms with van der Waals surface area (Å²) in [7, 11) is 0. The number of rotatable bonds is 4. The van der Waals surface area contributed by atoms with Crippen LogP contribution in [0, 0.1) is 0 Å². The number of pyridine rings is 1. The molecule has 0 radical (unpaired) electrons. The van der Waals surface area contributed by atoms with Crippen LogP contribution in [0.15, 0.2) is 42.7 Å². The van der Waals surface area contributed by atoms with Crippen molar-refractivity contribution >= 4 is 6.29 Å². The van der Waals surface area contributed by atoms with Crippen molar-refractivity contribution in [1.29, 1.82) is 0 Å². The molecule has 0 aliphatic heterocycles. The molecule has 20 heavy (non-hydrogen) atoms. The van der Waals surface area contributed by atoms with E-state index in [0.29, 0.717) is 11.8 Å². The van der Waals surface area contributed by atoms with Crippen LogP contribution in [0.4, 0.5) is 13.2 Å². The van der Waals surface area contributed by atoms with Crippen molar-refractivity contribution in [3.8, 4) is 16.9 Å². The van der Waals surface area contributed by atoms with Gasteiger partial charge in [-0.05, 0) is 23.8 Å². The summed E-state index contributed by atoms with van der Waals surface area (Å²) < 4.78 is 41.2. The predicted molar refractivity (Wildman–Crippen MR) is 66.6 cm³/mol. The van der Waals surface area contributed by atoms with E-state index in [2.05, 4.69) is 9.72 Å². The molecule has 2 rings (SSSR count). The van der Waals surface area contributed by atoms with Crippen LogP contribution in [-0.4, -0.2) is 24.1 Å². The molecule has 1 aromatic carbocycles. The molecule has 0 aliphatic carbocycles. The van der Waals surface area contributed by atoms with Crippen LogP contribution >= 0.6 is 0 Å². The van der Waals surface area contributed by atoms with Crippen LogP contribution in [0.2, 0.25) is 0 Å². The van der Waals surface area contributed by atoms with E-state index in [9.17, 15) is 18.0 Å². The van der Waals surface area contributed by atoms with E-state index in [1.807, 2.05) is 0 Å². The highest BCUT2D eigenvalue weighted by Crippen LogP contribution is 2.27. The normalized spacial score (nSPS) is 11.2. The van der Waals surface area contributed by atoms with Gasteiger partial charge in [-0.1, -0.05) is 12.1 Å². The number of hydrogen-bond donors (Lipinski definition) is 0. The summed E-state index contributed by atoms with van der Waals surface area (Å²) in [5, 5.41) is 0. The second kappa shape index (κ2) is 5.73. The van der Waals surface area contributed by atoms with Crippen molar-refractivity contribution in [2.24, 2.45) is 0 Å². The van der Waals surface area contributed by atoms with E-state index < -0.39 is 12.8 Å². The first kappa shape index (κ1) is 14.0. The second-order valence-electron chi connectivity index (χ2n) is 4.02. The maximum Gasteiger partial charge on any atom is 0.422 e. The first-order chi connectivity index (χ1) is 9.49. The third-order valence-corrected chi connectivity index (χ3v) is 2.53. The average molecular weight is 281 g/mol. The third kappa shape index (κ3) is 3.57. The minimum Gasteiger partial charge on any atom is -0.483 e. The Kier molecular flexibility index (Phi) is 4.02. The summed E-state index contributed by atoms with van der Waals surface area (Å²) in [4.78, 5) is 14.8. The summed E-state index contributed by atoms with van der Waals surface area (Å²) in [6.07, 6.45) is -0.836. The SMILES string of the molecule is O=Cc1ccc(-c2cccnc2)cc1OCC(F)(F)F. The number of benzene rings is 1. The maximum atomic E-state index is 12.2. The van der Waals surface area contributed by atoms with Gasteiger partial charge in [-0.25, -0.2) is 0 Å². The molecule has 0 amide bonds. The molecule has 0 N–H and O–H groups in total. The molecular weight excluding hydrogens is 271 g/mol. The summed E-state index contributed by atoms with van der Waals surface area (Å²) in [5.41, 5.74) is 1.42. The molecule has 0 spiro atoms. The lowest BCUT2D eigenvalue weighted by atomic mass is 10.1. The number of carbonyl (C=O) groups excluding carboxylic acids is 1. The molecule has 1 aromatic heterocycles. The van der Waals surface area contributed by atoms with Crippen LogP contribution in [-0.2, 0) is 0 Å². The number of carbonyl (C=O) groups is 1. The highest BCUT2D eigenvalue weighted by Gasteiger charge is 2.28. The molecule has 0 bridgehead atoms. The highest BCUT2D eigenvalue weighted by atomic mass is 19.4. The second-order valence-corrected chi connectivity index (χ2v) is 4.02. The summed E-state index contributed by atoms with van der Waals surface area (Å²) in [5.74, 6) is -0.0984. The van der Waals surface area contributed by atoms with Gasteiger partial charge >= 0.3 is 6.18 Å². The van der Waals surface area contributed by atoms with E-state index in [-0.39, 0.29) is 11.3 Å². The standard InChI is InChI=1S/C14H10F3NO2/c15-14(16,17)9-20-13-6-10(3-4-12(13)8-19)11-2-1-5-18-7-11/h1-8H,9H2. The van der Waals surface area contributed by atoms with Crippen molar-refractivity contribution in [1.82, 2.24) is 4.98 Å². The highest BCUT2D eigenvalue weighted by molar-refractivity contribution is 5.81. The molecule has 0 aliphatic rings. The van der Waals surface area contributed by atoms with Crippen molar-refractivity contribution in [3.63, 3.8) is 0 Å². The van der Waals surface area contributed by atoms with Gasteiger partial charge in [0.05, 0.1) is 5.56 Å². The summed E-state index contributed by atoms with van der Waals surface area (Å²) >= 11 is 0. The number of hydrogen-bond acceptors (Lipinski definition) is 3. The number of aromatic nitrogens is 1. The Labute approximate surface area is 113 Å². The molecule has 0 unspecified atom stereocenters. The van der Waals surface area contributed by atoms with Crippen molar-refractivity contribution in [2.45, 2.75) is 6.18 Å². The van der Waals surface area contributed by atoms with E-state index in [4.69, 9.17) is 0 Å². The van der Waals surface area contributed by atoms with E-state index in [1.54, 1.807) is 30.6 Å². The van der Waals surface area contributed by atoms with Crippen molar-refractivity contribution < 1.29 is 22.7 Å². The average Bonchev–Trinajstić information content (AvgIpc) is 2.45. The van der Waals surface area contributed by atoms with Crippen molar-refractivity contribution in [2.75, 3.05) is 6.61 Å². The molecule has 6 heteroatoms. The molecule has 0 saturated carbocycles. The smallest absolute Gasteiger partial charge is 0.422 e. The summed E-state index contributed by atoms with van der Waals surface area (Å²) in [6, 6.07) is 7.91. The maximum absolute atomic E-state index is 12.2. The Balaban J connectivity index is 2.32. The number of nitrogens with zero attached hydrogens (tertiary/aromatic N) is 1. The predicted octanol–water partition coefficient (Wildman–Crippen LogP) is 3.50. The van der Waals surface area contributed by atoms with E-state index in [1.165, 1.54) is 12.1 Å². The fraction of sp³-hybridized carbons (Fsp3) is 0.143. The van der Waals surface area contributed by atoms with Crippen molar-refractivity contribution in [3.05, 3.63) is 48.3 Å². The minimum atomic E-state index is -4.45. The van der Waals surface area contributed by atoms with Gasteiger partial charge in [-0.3, -0.25) is 9.78 Å². The molecule has 1 heterocycles. The molecular formula is C14H10F3NO2. The first-order valence-electron chi connectivity index (χ1n) is 5.69. The fourth-order valence-corrected chi connectivity index (χ4v) is 1.63. The molecule has 0 fully saturated rings. The Hall–Kier alpha value is -2.37. The molecule has 104 valence electrons. The van der Waals surface area contributed by atoms with Gasteiger partial charge in [0, 0.05) is 18.0 Å². The van der Waals surface area contributed by atoms with Gasteiger partial charge in [-0.15, -0.1) is 0 Å². The monoisotopic (exact) mass is 281 g/mol. The van der Waals surface area contributed by atoms with Gasteiger partial charge in [-0.2, -0.15) is 13.2 Å². The van der Waals surface area contributed by atoms with Crippen LogP contribution in [0.1, 0.15) is 10.4 Å². The van der Waals surface area contributed by atoms with Gasteiger partial charge < -0.3 is 4.74 Å². The Morgan fingerprint density at radius 1 is 1.20 bits per heavy atom. The van der Waals surface area contributed by atoms with E-state index >= 15 is 0 Å². The Morgan fingerprint density at radius 3 is 2.60 bits per heavy atom. The fourth-order valence-electron chi connectivity index (χ4n) is 1.63. The molecule has 3 nitrogen and oxygen atoms in total. The van der Waals surface area contributed by atoms with Crippen LogP contribution < -0.4 is 4.74 Å². The third-order valence-electron chi connectivity index (χ3n) is 2.53. The number of aldehydes is 1. The molecule has 0 saturated heterocycles. The van der Waals surface area contributed by atoms with Gasteiger partial charge in [0.15, 0.2) is 12.9 Å². The van der Waals surface area contributed by atoms with Crippen LogP contribution in [0.25, 0.3) is 11.1 Å². The quantitative estimate of drug-likeness (QED) is 0.805. The Bertz CT molecular complexity index is 597. The molecule has 2 aromatic rings. The zero-order valence-electron chi connectivity index (χ0n) is 10.2. The van der Waals surface area contributed by atoms with Gasteiger partial charge in [0.1, 0.15) is 5.75 Å². The topological polar surface area (TPSA) is 39.2 Å². The number of ether oxygens (including phenoxy) is 1. The largest absolute Gasteiger partial charge is 0.483 e. The zero-order valence-corrected chi connectivity index (χ0v) is 10.2. The Morgan fingerprint density at radius 2 is 2.00 bits per heavy atom. The molecule has 0 atom stereocenters. The number of alkyl halides is 3. The lowest BCUT2D eigenvalue weighted by molar-refractivity contribution is -0.153. The first-order valence-corrected chi connectivity index (χ1v) is 5.69.